The molecule has 0 unspecified atom stereocenters. The highest BCUT2D eigenvalue weighted by atomic mass is 16.4. The van der Waals surface area contributed by atoms with Gasteiger partial charge in [-0.2, -0.15) is 0 Å². The number of hydrogen-bond donors (Lipinski definition) is 3. The molecule has 0 aromatic rings. The molecule has 0 amide bonds. The summed E-state index contributed by atoms with van der Waals surface area (Å²) in [6.07, 6.45) is 22.5. The average molecular weight is 513 g/mol. The zero-order valence-electron chi connectivity index (χ0n) is 22.9. The minimum Gasteiger partial charge on any atom is -0.481 e. The lowest BCUT2D eigenvalue weighted by atomic mass is 10.0. The molecule has 0 fully saturated rings. The number of aliphatic carboxylic acids is 3. The van der Waals surface area contributed by atoms with Crippen LogP contribution >= 0.6 is 0 Å². The Hall–Kier alpha value is -1.89. The van der Waals surface area contributed by atoms with E-state index in [1.165, 1.54) is 64.2 Å². The molecule has 0 aliphatic carbocycles. The maximum absolute atomic E-state index is 11.0. The number of hydrogen-bond acceptors (Lipinski definition) is 3. The molecule has 0 saturated carbocycles. The first-order valence-corrected chi connectivity index (χ1v) is 14.5. The zero-order chi connectivity index (χ0) is 26.9. The van der Waals surface area contributed by atoms with Crippen molar-refractivity contribution in [2.24, 2.45) is 0 Å². The molecule has 0 rings (SSSR count). The molecule has 0 heterocycles. The van der Waals surface area contributed by atoms with E-state index in [4.69, 9.17) is 15.3 Å². The second-order valence-electron chi connectivity index (χ2n) is 10.3. The Morgan fingerprint density at radius 1 is 0.500 bits per heavy atom. The molecule has 7 heteroatoms. The van der Waals surface area contributed by atoms with Gasteiger partial charge in [0.05, 0.1) is 45.4 Å². The standard InChI is InChI=1S/C29H53NO6/c1-2-3-4-5-6-7-8-9-10-11-12-13-14-15-16-23-30(24-17-20-27(31)32,25-18-21-28(33)34)26-19-22-29(35)36/h3-4H,2,5-26H2,1H3,(H2-,31,32,33,34,35,36)/p+1/b4-3+. The minimum absolute atomic E-state index is 0.0910. The van der Waals surface area contributed by atoms with Crippen LogP contribution in [0.15, 0.2) is 12.2 Å². The van der Waals surface area contributed by atoms with Crippen molar-refractivity contribution in [2.75, 3.05) is 26.2 Å². The number of rotatable bonds is 27. The van der Waals surface area contributed by atoms with Gasteiger partial charge in [-0.3, -0.25) is 14.4 Å². The molecule has 7 nitrogen and oxygen atoms in total. The Morgan fingerprint density at radius 3 is 1.19 bits per heavy atom. The van der Waals surface area contributed by atoms with Crippen molar-refractivity contribution in [3.05, 3.63) is 12.2 Å². The van der Waals surface area contributed by atoms with Crippen molar-refractivity contribution in [3.63, 3.8) is 0 Å². The average Bonchev–Trinajstić information content (AvgIpc) is 2.80. The molecule has 0 aliphatic heterocycles. The summed E-state index contributed by atoms with van der Waals surface area (Å²) < 4.78 is 0.641. The van der Waals surface area contributed by atoms with E-state index < -0.39 is 17.9 Å². The third-order valence-corrected chi connectivity index (χ3v) is 6.97. The molecule has 210 valence electrons. The molecule has 0 aromatic carbocycles. The summed E-state index contributed by atoms with van der Waals surface area (Å²) in [6.45, 7) is 5.04. The highest BCUT2D eigenvalue weighted by molar-refractivity contribution is 5.67. The van der Waals surface area contributed by atoms with Crippen molar-refractivity contribution in [3.8, 4) is 0 Å². The molecular formula is C29H54NO6+. The van der Waals surface area contributed by atoms with Crippen LogP contribution in [0.3, 0.4) is 0 Å². The van der Waals surface area contributed by atoms with Gasteiger partial charge >= 0.3 is 17.9 Å². The van der Waals surface area contributed by atoms with Crippen LogP contribution in [-0.2, 0) is 14.4 Å². The van der Waals surface area contributed by atoms with Crippen LogP contribution in [0, 0.1) is 0 Å². The number of allylic oxidation sites excluding steroid dienone is 2. The summed E-state index contributed by atoms with van der Waals surface area (Å²) in [5.74, 6) is -2.48. The van der Waals surface area contributed by atoms with Gasteiger partial charge < -0.3 is 19.8 Å². The van der Waals surface area contributed by atoms with Crippen molar-refractivity contribution < 1.29 is 34.2 Å². The summed E-state index contributed by atoms with van der Waals surface area (Å²) in [5, 5.41) is 27.2. The SMILES string of the molecule is CC/C=C/CCCCCCCCCCCCC[N+](CCCC(=O)O)(CCCC(=O)O)CCCC(=O)O. The molecular weight excluding hydrogens is 458 g/mol. The van der Waals surface area contributed by atoms with Gasteiger partial charge in [-0.15, -0.1) is 0 Å². The molecule has 0 saturated heterocycles. The molecule has 0 bridgehead atoms. The topological polar surface area (TPSA) is 112 Å². The lowest BCUT2D eigenvalue weighted by molar-refractivity contribution is -0.929. The zero-order valence-corrected chi connectivity index (χ0v) is 22.9. The van der Waals surface area contributed by atoms with E-state index in [9.17, 15) is 14.4 Å². The van der Waals surface area contributed by atoms with Gasteiger partial charge in [-0.05, 0) is 32.1 Å². The van der Waals surface area contributed by atoms with Gasteiger partial charge in [0.15, 0.2) is 0 Å². The molecule has 36 heavy (non-hydrogen) atoms. The quantitative estimate of drug-likeness (QED) is 0.0618. The third kappa shape index (κ3) is 22.6. The summed E-state index contributed by atoms with van der Waals surface area (Å²) >= 11 is 0. The molecule has 0 atom stereocenters. The van der Waals surface area contributed by atoms with Gasteiger partial charge in [-0.1, -0.05) is 70.4 Å². The molecule has 0 radical (unpaired) electrons. The highest BCUT2D eigenvalue weighted by Gasteiger charge is 2.27. The van der Waals surface area contributed by atoms with Crippen LogP contribution in [-0.4, -0.2) is 63.9 Å². The fourth-order valence-corrected chi connectivity index (χ4v) is 4.95. The maximum Gasteiger partial charge on any atom is 0.303 e. The Morgan fingerprint density at radius 2 is 0.833 bits per heavy atom. The number of unbranched alkanes of at least 4 members (excludes halogenated alkanes) is 11. The van der Waals surface area contributed by atoms with Gasteiger partial charge in [0.2, 0.25) is 0 Å². The predicted octanol–water partition coefficient (Wildman–Crippen LogP) is 7.05. The Bertz CT molecular complexity index is 554. The Labute approximate surface area is 219 Å². The number of carbonyl (C=O) groups is 3. The van der Waals surface area contributed by atoms with Gasteiger partial charge in [0.1, 0.15) is 0 Å². The monoisotopic (exact) mass is 512 g/mol. The summed E-state index contributed by atoms with van der Waals surface area (Å²) in [7, 11) is 0. The number of carboxylic acids is 3. The van der Waals surface area contributed by atoms with E-state index >= 15 is 0 Å². The second-order valence-corrected chi connectivity index (χ2v) is 10.3. The lowest BCUT2D eigenvalue weighted by Gasteiger charge is -2.39. The summed E-state index contributed by atoms with van der Waals surface area (Å²) in [6, 6.07) is 0. The van der Waals surface area contributed by atoms with Crippen LogP contribution < -0.4 is 0 Å². The fraction of sp³-hybridized carbons (Fsp3) is 0.828. The van der Waals surface area contributed by atoms with Crippen LogP contribution in [0.4, 0.5) is 0 Å². The normalized spacial score (nSPS) is 11.8. The van der Waals surface area contributed by atoms with Crippen molar-refractivity contribution in [1.29, 1.82) is 0 Å². The van der Waals surface area contributed by atoms with Gasteiger partial charge in [-0.25, -0.2) is 0 Å². The molecule has 3 N–H and O–H groups in total. The van der Waals surface area contributed by atoms with Gasteiger partial charge in [0.25, 0.3) is 0 Å². The van der Waals surface area contributed by atoms with Crippen molar-refractivity contribution in [2.45, 2.75) is 129 Å². The smallest absolute Gasteiger partial charge is 0.303 e. The van der Waals surface area contributed by atoms with E-state index in [2.05, 4.69) is 19.1 Å². The van der Waals surface area contributed by atoms with E-state index in [1.807, 2.05) is 0 Å². The molecule has 0 aromatic heterocycles. The Balaban J connectivity index is 4.31. The second kappa shape index (κ2) is 23.5. The van der Waals surface area contributed by atoms with Crippen molar-refractivity contribution >= 4 is 17.9 Å². The minimum atomic E-state index is -0.826. The first-order chi connectivity index (χ1) is 17.3. The maximum atomic E-state index is 11.0. The Kier molecular flexibility index (Phi) is 22.3. The number of carboxylic acid groups (broad SMARTS) is 3. The third-order valence-electron chi connectivity index (χ3n) is 6.97. The van der Waals surface area contributed by atoms with Gasteiger partial charge in [0, 0.05) is 19.3 Å². The van der Waals surface area contributed by atoms with E-state index in [0.717, 1.165) is 25.8 Å². The number of nitrogens with zero attached hydrogens (tertiary/aromatic N) is 1. The van der Waals surface area contributed by atoms with Crippen LogP contribution in [0.25, 0.3) is 0 Å². The van der Waals surface area contributed by atoms with E-state index in [1.54, 1.807) is 0 Å². The highest BCUT2D eigenvalue weighted by Crippen LogP contribution is 2.19. The van der Waals surface area contributed by atoms with E-state index in [-0.39, 0.29) is 19.3 Å². The largest absolute Gasteiger partial charge is 0.481 e. The van der Waals surface area contributed by atoms with E-state index in [0.29, 0.717) is 43.4 Å². The first-order valence-electron chi connectivity index (χ1n) is 14.5. The predicted molar refractivity (Wildman–Crippen MR) is 145 cm³/mol. The van der Waals surface area contributed by atoms with Crippen molar-refractivity contribution in [1.82, 2.24) is 0 Å². The summed E-state index contributed by atoms with van der Waals surface area (Å²) in [5.41, 5.74) is 0. The van der Waals surface area contributed by atoms with Crippen LogP contribution in [0.5, 0.6) is 0 Å². The summed E-state index contributed by atoms with van der Waals surface area (Å²) in [4.78, 5) is 33.1. The van der Waals surface area contributed by atoms with Crippen LogP contribution in [0.2, 0.25) is 0 Å². The first kappa shape index (κ1) is 34.1. The molecule has 0 spiro atoms. The lowest BCUT2D eigenvalue weighted by Crippen LogP contribution is -2.51. The molecule has 0 aliphatic rings. The van der Waals surface area contributed by atoms with Crippen LogP contribution in [0.1, 0.15) is 129 Å². The number of quaternary nitrogens is 1. The fourth-order valence-electron chi connectivity index (χ4n) is 4.95.